The van der Waals surface area contributed by atoms with Gasteiger partial charge in [0.25, 0.3) is 0 Å². The van der Waals surface area contributed by atoms with Crippen molar-refractivity contribution in [2.45, 2.75) is 49.9 Å². The summed E-state index contributed by atoms with van der Waals surface area (Å²) in [7, 11) is 0. The van der Waals surface area contributed by atoms with E-state index in [9.17, 15) is 5.26 Å². The van der Waals surface area contributed by atoms with Crippen LogP contribution in [0.5, 0.6) is 0 Å². The Morgan fingerprint density at radius 3 is 2.72 bits per heavy atom. The van der Waals surface area contributed by atoms with Crippen molar-refractivity contribution in [1.29, 1.82) is 5.26 Å². The third-order valence-electron chi connectivity index (χ3n) is 2.81. The van der Waals surface area contributed by atoms with Crippen LogP contribution in [0.3, 0.4) is 0 Å². The van der Waals surface area contributed by atoms with Gasteiger partial charge in [0.2, 0.25) is 0 Å². The van der Waals surface area contributed by atoms with Crippen molar-refractivity contribution < 1.29 is 0 Å². The minimum Gasteiger partial charge on any atom is -0.300 e. The monoisotopic (exact) mass is 284 g/mol. The van der Waals surface area contributed by atoms with Gasteiger partial charge in [-0.25, -0.2) is 0 Å². The summed E-state index contributed by atoms with van der Waals surface area (Å²) < 4.78 is 1.02. The van der Waals surface area contributed by atoms with Crippen molar-refractivity contribution >= 4 is 23.1 Å². The molecule has 0 aliphatic carbocycles. The predicted octanol–water partition coefficient (Wildman–Crippen LogP) is 3.00. The third-order valence-corrected chi connectivity index (χ3v) is 4.87. The molecule has 0 saturated heterocycles. The van der Waals surface area contributed by atoms with Gasteiger partial charge in [-0.15, -0.1) is 10.2 Å². The molecule has 0 saturated carbocycles. The number of thioether (sulfide) groups is 1. The molecule has 1 aromatic rings. The van der Waals surface area contributed by atoms with Gasteiger partial charge < -0.3 is 0 Å². The van der Waals surface area contributed by atoms with Crippen LogP contribution < -0.4 is 5.32 Å². The summed E-state index contributed by atoms with van der Waals surface area (Å²) in [6.07, 6.45) is 2.75. The Kier molecular flexibility index (Phi) is 6.61. The second-order valence-corrected chi connectivity index (χ2v) is 6.64. The van der Waals surface area contributed by atoms with Crippen LogP contribution in [0.25, 0.3) is 0 Å². The number of nitrogens with one attached hydrogen (secondary N) is 1. The van der Waals surface area contributed by atoms with Crippen molar-refractivity contribution in [2.75, 3.05) is 12.3 Å². The Morgan fingerprint density at radius 1 is 1.44 bits per heavy atom. The van der Waals surface area contributed by atoms with Crippen LogP contribution in [0.1, 0.15) is 38.1 Å². The molecule has 0 aliphatic rings. The topological polar surface area (TPSA) is 61.6 Å². The molecule has 0 radical (unpaired) electrons. The molecule has 0 aromatic carbocycles. The normalized spacial score (nSPS) is 14.1. The van der Waals surface area contributed by atoms with Gasteiger partial charge in [0, 0.05) is 5.75 Å². The largest absolute Gasteiger partial charge is 0.300 e. The Bertz CT molecular complexity index is 399. The molecule has 0 aliphatic heterocycles. The highest BCUT2D eigenvalue weighted by Crippen LogP contribution is 2.25. The van der Waals surface area contributed by atoms with E-state index in [2.05, 4.69) is 28.5 Å². The fourth-order valence-corrected chi connectivity index (χ4v) is 3.60. The van der Waals surface area contributed by atoms with E-state index in [1.807, 2.05) is 13.8 Å². The summed E-state index contributed by atoms with van der Waals surface area (Å²) in [5.74, 6) is 0.990. The van der Waals surface area contributed by atoms with Gasteiger partial charge in [-0.1, -0.05) is 36.9 Å². The van der Waals surface area contributed by atoms with Crippen LogP contribution in [0.2, 0.25) is 0 Å². The molecule has 6 heteroatoms. The predicted molar refractivity (Wildman–Crippen MR) is 76.9 cm³/mol. The van der Waals surface area contributed by atoms with Gasteiger partial charge in [0.1, 0.15) is 10.5 Å². The standard InChI is InChI=1S/C12H20N4S2/c1-4-12(9-13,14-5-2)7-6-8-17-11-16-15-10(3)18-11/h14H,4-8H2,1-3H3. The highest BCUT2D eigenvalue weighted by Gasteiger charge is 2.25. The Balaban J connectivity index is 2.33. The summed E-state index contributed by atoms with van der Waals surface area (Å²) in [4.78, 5) is 0. The lowest BCUT2D eigenvalue weighted by molar-refractivity contribution is 0.379. The van der Waals surface area contributed by atoms with Crippen molar-refractivity contribution in [1.82, 2.24) is 15.5 Å². The van der Waals surface area contributed by atoms with E-state index in [0.29, 0.717) is 0 Å². The number of hydrogen-bond donors (Lipinski definition) is 1. The zero-order chi connectivity index (χ0) is 13.4. The Labute approximate surface area is 117 Å². The summed E-state index contributed by atoms with van der Waals surface area (Å²) in [5, 5.41) is 21.7. The molecule has 4 nitrogen and oxygen atoms in total. The molecule has 0 spiro atoms. The molecule has 1 heterocycles. The summed E-state index contributed by atoms with van der Waals surface area (Å²) in [6.45, 7) is 6.91. The second-order valence-electron chi connectivity index (χ2n) is 4.12. The van der Waals surface area contributed by atoms with E-state index in [-0.39, 0.29) is 5.54 Å². The van der Waals surface area contributed by atoms with Gasteiger partial charge in [-0.3, -0.25) is 5.32 Å². The highest BCUT2D eigenvalue weighted by molar-refractivity contribution is 8.01. The second kappa shape index (κ2) is 7.72. The maximum Gasteiger partial charge on any atom is 0.174 e. The molecule has 0 amide bonds. The number of aryl methyl sites for hydroxylation is 1. The van der Waals surface area contributed by atoms with E-state index in [1.54, 1.807) is 23.1 Å². The fourth-order valence-electron chi connectivity index (χ4n) is 1.77. The highest BCUT2D eigenvalue weighted by atomic mass is 32.2. The van der Waals surface area contributed by atoms with Gasteiger partial charge in [-0.05, 0) is 32.7 Å². The molecule has 18 heavy (non-hydrogen) atoms. The number of rotatable bonds is 8. The number of nitrogens with zero attached hydrogens (tertiary/aromatic N) is 3. The Hall–Kier alpha value is -0.640. The molecule has 0 bridgehead atoms. The van der Waals surface area contributed by atoms with Crippen LogP contribution in [0.4, 0.5) is 0 Å². The quantitative estimate of drug-likeness (QED) is 0.587. The molecular weight excluding hydrogens is 264 g/mol. The smallest absolute Gasteiger partial charge is 0.174 e. The van der Waals surface area contributed by atoms with E-state index in [4.69, 9.17) is 0 Å². The van der Waals surface area contributed by atoms with Crippen molar-refractivity contribution in [3.63, 3.8) is 0 Å². The number of aromatic nitrogens is 2. The lowest BCUT2D eigenvalue weighted by atomic mass is 9.92. The average Bonchev–Trinajstić information content (AvgIpc) is 2.79. The first-order chi connectivity index (χ1) is 8.65. The van der Waals surface area contributed by atoms with Crippen molar-refractivity contribution in [3.05, 3.63) is 5.01 Å². The summed E-state index contributed by atoms with van der Waals surface area (Å²) >= 11 is 3.36. The molecular formula is C12H20N4S2. The van der Waals surface area contributed by atoms with Gasteiger partial charge in [-0.2, -0.15) is 5.26 Å². The number of nitriles is 1. The SMILES string of the molecule is CCNC(C#N)(CC)CCCSc1nnc(C)s1. The third kappa shape index (κ3) is 4.56. The zero-order valence-corrected chi connectivity index (χ0v) is 12.8. The first-order valence-corrected chi connectivity index (χ1v) is 8.05. The molecule has 1 unspecified atom stereocenters. The van der Waals surface area contributed by atoms with Gasteiger partial charge in [0.15, 0.2) is 4.34 Å². The van der Waals surface area contributed by atoms with E-state index >= 15 is 0 Å². The summed E-state index contributed by atoms with van der Waals surface area (Å²) in [6, 6.07) is 2.42. The number of hydrogen-bond acceptors (Lipinski definition) is 6. The fraction of sp³-hybridized carbons (Fsp3) is 0.750. The van der Waals surface area contributed by atoms with E-state index in [0.717, 1.165) is 40.9 Å². The van der Waals surface area contributed by atoms with Gasteiger partial charge >= 0.3 is 0 Å². The molecule has 1 aromatic heterocycles. The molecule has 1 rings (SSSR count). The first kappa shape index (κ1) is 15.4. The molecule has 1 N–H and O–H groups in total. The zero-order valence-electron chi connectivity index (χ0n) is 11.2. The molecule has 100 valence electrons. The van der Waals surface area contributed by atoms with Crippen LogP contribution in [0, 0.1) is 18.3 Å². The lowest BCUT2D eigenvalue weighted by Crippen LogP contribution is -2.43. The maximum atomic E-state index is 9.29. The first-order valence-electron chi connectivity index (χ1n) is 6.25. The van der Waals surface area contributed by atoms with Gasteiger partial charge in [0.05, 0.1) is 6.07 Å². The van der Waals surface area contributed by atoms with Crippen molar-refractivity contribution in [2.24, 2.45) is 0 Å². The molecule has 0 fully saturated rings. The van der Waals surface area contributed by atoms with Crippen LogP contribution in [-0.2, 0) is 0 Å². The maximum absolute atomic E-state index is 9.29. The summed E-state index contributed by atoms with van der Waals surface area (Å²) in [5.41, 5.74) is -0.355. The Morgan fingerprint density at radius 2 is 2.22 bits per heavy atom. The minimum atomic E-state index is -0.355. The van der Waals surface area contributed by atoms with Crippen LogP contribution in [-0.4, -0.2) is 28.0 Å². The van der Waals surface area contributed by atoms with Crippen LogP contribution >= 0.6 is 23.1 Å². The molecule has 1 atom stereocenters. The minimum absolute atomic E-state index is 0.355. The lowest BCUT2D eigenvalue weighted by Gasteiger charge is -2.25. The van der Waals surface area contributed by atoms with Crippen LogP contribution in [0.15, 0.2) is 4.34 Å². The van der Waals surface area contributed by atoms with E-state index in [1.165, 1.54) is 0 Å². The van der Waals surface area contributed by atoms with Crippen molar-refractivity contribution in [3.8, 4) is 6.07 Å². The van der Waals surface area contributed by atoms with E-state index < -0.39 is 0 Å². The average molecular weight is 284 g/mol.